The van der Waals surface area contributed by atoms with Crippen LogP contribution in [0.15, 0.2) is 17.0 Å². The lowest BCUT2D eigenvalue weighted by Gasteiger charge is -2.29. The summed E-state index contributed by atoms with van der Waals surface area (Å²) in [7, 11) is -2.99. The number of rotatable bonds is 5. The van der Waals surface area contributed by atoms with Gasteiger partial charge in [0.05, 0.1) is 16.8 Å². The van der Waals surface area contributed by atoms with E-state index in [-0.39, 0.29) is 28.7 Å². The van der Waals surface area contributed by atoms with Crippen molar-refractivity contribution < 1.29 is 13.2 Å². The lowest BCUT2D eigenvalue weighted by atomic mass is 10.1. The molecule has 2 rings (SSSR count). The van der Waals surface area contributed by atoms with Crippen LogP contribution in [-0.2, 0) is 14.6 Å². The standard InChI is InChI=1S/C18H27NO3S2/c1-6-19(16-7-8-24(21,22)11-16)18(20)15(5)23-17-13(3)9-12(2)10-14(17)4/h9-10,15-16H,6-8,11H2,1-5H3. The molecular formula is C18H27NO3S2. The summed E-state index contributed by atoms with van der Waals surface area (Å²) in [5, 5.41) is -0.228. The van der Waals surface area contributed by atoms with E-state index in [0.717, 1.165) is 4.90 Å². The van der Waals surface area contributed by atoms with E-state index < -0.39 is 9.84 Å². The number of hydrogen-bond acceptors (Lipinski definition) is 4. The van der Waals surface area contributed by atoms with Crippen LogP contribution in [0.3, 0.4) is 0 Å². The molecule has 1 fully saturated rings. The molecule has 0 N–H and O–H groups in total. The van der Waals surface area contributed by atoms with Gasteiger partial charge >= 0.3 is 0 Å². The molecular weight excluding hydrogens is 342 g/mol. The Bertz CT molecular complexity index is 705. The quantitative estimate of drug-likeness (QED) is 0.748. The maximum atomic E-state index is 12.9. The second-order valence-corrected chi connectivity index (χ2v) is 10.2. The predicted octanol–water partition coefficient (Wildman–Crippen LogP) is 3.13. The van der Waals surface area contributed by atoms with Gasteiger partial charge in [-0.05, 0) is 52.2 Å². The van der Waals surface area contributed by atoms with E-state index in [4.69, 9.17) is 0 Å². The van der Waals surface area contributed by atoms with Crippen LogP contribution >= 0.6 is 11.8 Å². The minimum absolute atomic E-state index is 0.0315. The molecule has 1 aliphatic rings. The van der Waals surface area contributed by atoms with Crippen molar-refractivity contribution in [3.8, 4) is 0 Å². The monoisotopic (exact) mass is 369 g/mol. The fourth-order valence-electron chi connectivity index (χ4n) is 3.43. The highest BCUT2D eigenvalue weighted by atomic mass is 32.2. The Kier molecular flexibility index (Phi) is 6.02. The second kappa shape index (κ2) is 7.48. The van der Waals surface area contributed by atoms with Crippen molar-refractivity contribution in [1.82, 2.24) is 4.90 Å². The third kappa shape index (κ3) is 4.33. The highest BCUT2D eigenvalue weighted by Crippen LogP contribution is 2.32. The van der Waals surface area contributed by atoms with E-state index in [0.29, 0.717) is 13.0 Å². The highest BCUT2D eigenvalue weighted by molar-refractivity contribution is 8.00. The third-order valence-corrected chi connectivity index (χ3v) is 7.71. The molecule has 1 aromatic carbocycles. The molecule has 24 heavy (non-hydrogen) atoms. The molecule has 0 saturated carbocycles. The summed E-state index contributed by atoms with van der Waals surface area (Å²) in [6.45, 7) is 10.6. The van der Waals surface area contributed by atoms with Gasteiger partial charge in [0.15, 0.2) is 9.84 Å². The van der Waals surface area contributed by atoms with E-state index >= 15 is 0 Å². The van der Waals surface area contributed by atoms with E-state index in [1.54, 1.807) is 16.7 Å². The first-order valence-corrected chi connectivity index (χ1v) is 11.1. The van der Waals surface area contributed by atoms with Crippen molar-refractivity contribution in [2.24, 2.45) is 0 Å². The molecule has 0 spiro atoms. The first-order valence-electron chi connectivity index (χ1n) is 8.40. The number of benzene rings is 1. The first kappa shape index (κ1) is 19.3. The molecule has 1 amide bonds. The van der Waals surface area contributed by atoms with Gasteiger partial charge in [0, 0.05) is 17.5 Å². The van der Waals surface area contributed by atoms with Gasteiger partial charge < -0.3 is 4.90 Å². The number of carbonyl (C=O) groups excluding carboxylic acids is 1. The second-order valence-electron chi connectivity index (χ2n) is 6.67. The van der Waals surface area contributed by atoms with E-state index in [1.165, 1.54) is 16.7 Å². The van der Waals surface area contributed by atoms with Crippen LogP contribution in [0.2, 0.25) is 0 Å². The number of thioether (sulfide) groups is 1. The van der Waals surface area contributed by atoms with Gasteiger partial charge in [-0.15, -0.1) is 11.8 Å². The topological polar surface area (TPSA) is 54.5 Å². The summed E-state index contributed by atoms with van der Waals surface area (Å²) in [5.74, 6) is 0.329. The predicted molar refractivity (Wildman–Crippen MR) is 100 cm³/mol. The summed E-state index contributed by atoms with van der Waals surface area (Å²) in [6, 6.07) is 4.09. The lowest BCUT2D eigenvalue weighted by Crippen LogP contribution is -2.44. The van der Waals surface area contributed by atoms with Gasteiger partial charge in [-0.3, -0.25) is 4.79 Å². The fourth-order valence-corrected chi connectivity index (χ4v) is 6.24. The maximum Gasteiger partial charge on any atom is 0.236 e. The Morgan fingerprint density at radius 3 is 2.33 bits per heavy atom. The van der Waals surface area contributed by atoms with Crippen LogP contribution in [-0.4, -0.2) is 48.6 Å². The summed E-state index contributed by atoms with van der Waals surface area (Å²) in [4.78, 5) is 15.8. The number of nitrogens with zero attached hydrogens (tertiary/aromatic N) is 1. The number of amides is 1. The molecule has 1 aromatic rings. The Morgan fingerprint density at radius 2 is 1.88 bits per heavy atom. The Labute approximate surface area is 149 Å². The van der Waals surface area contributed by atoms with Crippen molar-refractivity contribution >= 4 is 27.5 Å². The van der Waals surface area contributed by atoms with Crippen molar-refractivity contribution in [3.05, 3.63) is 28.8 Å². The Balaban J connectivity index is 2.14. The van der Waals surface area contributed by atoms with Crippen LogP contribution in [0.5, 0.6) is 0 Å². The Morgan fingerprint density at radius 1 is 1.29 bits per heavy atom. The summed E-state index contributed by atoms with van der Waals surface area (Å²) in [5.41, 5.74) is 3.59. The number of aryl methyl sites for hydroxylation is 3. The number of sulfone groups is 1. The van der Waals surface area contributed by atoms with Gasteiger partial charge in [0.1, 0.15) is 0 Å². The molecule has 0 bridgehead atoms. The molecule has 2 unspecified atom stereocenters. The van der Waals surface area contributed by atoms with Crippen LogP contribution in [0.4, 0.5) is 0 Å². The van der Waals surface area contributed by atoms with Gasteiger partial charge in [0.25, 0.3) is 0 Å². The van der Waals surface area contributed by atoms with E-state index in [1.807, 2.05) is 13.8 Å². The molecule has 6 heteroatoms. The molecule has 0 aliphatic carbocycles. The van der Waals surface area contributed by atoms with Crippen LogP contribution in [0.25, 0.3) is 0 Å². The number of carbonyl (C=O) groups is 1. The Hall–Kier alpha value is -1.01. The fraction of sp³-hybridized carbons (Fsp3) is 0.611. The normalized spacial score (nSPS) is 20.8. The zero-order valence-corrected chi connectivity index (χ0v) is 16.8. The van der Waals surface area contributed by atoms with Crippen LogP contribution in [0.1, 0.15) is 37.0 Å². The molecule has 0 radical (unpaired) electrons. The van der Waals surface area contributed by atoms with Gasteiger partial charge in [-0.1, -0.05) is 17.7 Å². The van der Waals surface area contributed by atoms with Crippen molar-refractivity contribution in [3.63, 3.8) is 0 Å². The van der Waals surface area contributed by atoms with Gasteiger partial charge in [0.2, 0.25) is 5.91 Å². The SMILES string of the molecule is CCN(C(=O)C(C)Sc1c(C)cc(C)cc1C)C1CCS(=O)(=O)C1. The van der Waals surface area contributed by atoms with E-state index in [9.17, 15) is 13.2 Å². The van der Waals surface area contributed by atoms with Crippen LogP contribution in [0, 0.1) is 20.8 Å². The van der Waals surface area contributed by atoms with Crippen molar-refractivity contribution in [2.45, 2.75) is 57.2 Å². The van der Waals surface area contributed by atoms with Gasteiger partial charge in [-0.25, -0.2) is 8.42 Å². The zero-order chi connectivity index (χ0) is 18.1. The summed E-state index contributed by atoms with van der Waals surface area (Å²) >= 11 is 1.58. The minimum Gasteiger partial charge on any atom is -0.338 e. The van der Waals surface area contributed by atoms with E-state index in [2.05, 4.69) is 32.9 Å². The minimum atomic E-state index is -2.99. The molecule has 1 heterocycles. The molecule has 0 aromatic heterocycles. The molecule has 1 aliphatic heterocycles. The summed E-state index contributed by atoms with van der Waals surface area (Å²) in [6.07, 6.45) is 0.557. The number of hydrogen-bond donors (Lipinski definition) is 0. The van der Waals surface area contributed by atoms with Crippen molar-refractivity contribution in [2.75, 3.05) is 18.1 Å². The molecule has 2 atom stereocenters. The zero-order valence-electron chi connectivity index (χ0n) is 15.1. The average molecular weight is 370 g/mol. The smallest absolute Gasteiger partial charge is 0.236 e. The largest absolute Gasteiger partial charge is 0.338 e. The molecule has 4 nitrogen and oxygen atoms in total. The van der Waals surface area contributed by atoms with Crippen LogP contribution < -0.4 is 0 Å². The average Bonchev–Trinajstić information content (AvgIpc) is 2.83. The lowest BCUT2D eigenvalue weighted by molar-refractivity contribution is -0.131. The summed E-state index contributed by atoms with van der Waals surface area (Å²) < 4.78 is 23.4. The maximum absolute atomic E-state index is 12.9. The highest BCUT2D eigenvalue weighted by Gasteiger charge is 2.35. The molecule has 134 valence electrons. The van der Waals surface area contributed by atoms with Gasteiger partial charge in [-0.2, -0.15) is 0 Å². The van der Waals surface area contributed by atoms with Crippen molar-refractivity contribution in [1.29, 1.82) is 0 Å². The first-order chi connectivity index (χ1) is 11.1. The third-order valence-electron chi connectivity index (χ3n) is 4.52. The molecule has 1 saturated heterocycles.